The van der Waals surface area contributed by atoms with Crippen LogP contribution in [0.5, 0.6) is 0 Å². The summed E-state index contributed by atoms with van der Waals surface area (Å²) < 4.78 is 0. The number of hydrogen-bond donors (Lipinski definition) is 1. The Bertz CT molecular complexity index is 734. The third kappa shape index (κ3) is 2.54. The summed E-state index contributed by atoms with van der Waals surface area (Å²) in [7, 11) is 0. The van der Waals surface area contributed by atoms with Crippen molar-refractivity contribution in [3.63, 3.8) is 0 Å². The second-order valence-corrected chi connectivity index (χ2v) is 7.27. The minimum Gasteiger partial charge on any atom is -0.307 e. The highest BCUT2D eigenvalue weighted by molar-refractivity contribution is 6.15. The van der Waals surface area contributed by atoms with Crippen LogP contribution in [-0.2, 0) is 9.59 Å². The van der Waals surface area contributed by atoms with Crippen LogP contribution in [0.4, 0.5) is 5.69 Å². The lowest BCUT2D eigenvalue weighted by atomic mass is 9.78. The summed E-state index contributed by atoms with van der Waals surface area (Å²) in [5.74, 6) is 0.336. The van der Waals surface area contributed by atoms with E-state index in [1.165, 1.54) is 5.56 Å². The lowest BCUT2D eigenvalue weighted by molar-refractivity contribution is -0.119. The monoisotopic (exact) mass is 313 g/mol. The number of amides is 2. The van der Waals surface area contributed by atoms with Gasteiger partial charge in [-0.1, -0.05) is 13.0 Å². The van der Waals surface area contributed by atoms with Gasteiger partial charge in [0, 0.05) is 23.7 Å². The van der Waals surface area contributed by atoms with Crippen molar-refractivity contribution < 1.29 is 9.59 Å². The molecule has 0 saturated heterocycles. The molecule has 1 aromatic carbocycles. The van der Waals surface area contributed by atoms with E-state index in [9.17, 15) is 9.59 Å². The second kappa shape index (κ2) is 5.18. The first-order valence-electron chi connectivity index (χ1n) is 8.02. The first-order valence-corrected chi connectivity index (χ1v) is 8.02. The SMILES string of the molecule is CC(=O)N1c2cc(C3=NNC(=O)C3)c(C)cc2C(C)CC1(C)C. The quantitative estimate of drug-likeness (QED) is 0.866. The van der Waals surface area contributed by atoms with Gasteiger partial charge in [-0.2, -0.15) is 5.10 Å². The largest absolute Gasteiger partial charge is 0.307 e. The molecule has 2 heterocycles. The molecule has 0 aromatic heterocycles. The molecule has 0 saturated carbocycles. The molecule has 0 spiro atoms. The number of rotatable bonds is 1. The number of nitrogens with one attached hydrogen (secondary N) is 1. The molecule has 1 atom stereocenters. The number of nitrogens with zero attached hydrogens (tertiary/aromatic N) is 2. The summed E-state index contributed by atoms with van der Waals surface area (Å²) in [6.45, 7) is 10.1. The molecule has 2 aliphatic heterocycles. The zero-order chi connectivity index (χ0) is 16.9. The Labute approximate surface area is 136 Å². The van der Waals surface area contributed by atoms with Crippen LogP contribution < -0.4 is 10.3 Å². The number of hydrogen-bond acceptors (Lipinski definition) is 3. The molecule has 5 nitrogen and oxygen atoms in total. The van der Waals surface area contributed by atoms with Crippen molar-refractivity contribution in [3.05, 3.63) is 28.8 Å². The molecule has 0 bridgehead atoms. The Morgan fingerprint density at radius 1 is 1.39 bits per heavy atom. The van der Waals surface area contributed by atoms with E-state index in [1.807, 2.05) is 17.9 Å². The van der Waals surface area contributed by atoms with Gasteiger partial charge in [0.15, 0.2) is 0 Å². The van der Waals surface area contributed by atoms with Crippen LogP contribution in [0.15, 0.2) is 17.2 Å². The van der Waals surface area contributed by atoms with Gasteiger partial charge >= 0.3 is 0 Å². The molecule has 0 fully saturated rings. The van der Waals surface area contributed by atoms with E-state index < -0.39 is 0 Å². The van der Waals surface area contributed by atoms with Crippen LogP contribution in [-0.4, -0.2) is 23.1 Å². The fourth-order valence-corrected chi connectivity index (χ4v) is 4.01. The number of benzene rings is 1. The predicted molar refractivity (Wildman–Crippen MR) is 90.7 cm³/mol. The predicted octanol–water partition coefficient (Wildman–Crippen LogP) is 2.86. The molecule has 122 valence electrons. The Balaban J connectivity index is 2.17. The van der Waals surface area contributed by atoms with Crippen LogP contribution in [0.2, 0.25) is 0 Å². The van der Waals surface area contributed by atoms with E-state index in [4.69, 9.17) is 0 Å². The van der Waals surface area contributed by atoms with E-state index in [0.717, 1.165) is 28.9 Å². The molecule has 1 N–H and O–H groups in total. The highest BCUT2D eigenvalue weighted by atomic mass is 16.2. The molecule has 1 unspecified atom stereocenters. The molecular formula is C18H23N3O2. The summed E-state index contributed by atoms with van der Waals surface area (Å²) in [5.41, 5.74) is 7.20. The highest BCUT2D eigenvalue weighted by Gasteiger charge is 2.39. The summed E-state index contributed by atoms with van der Waals surface area (Å²) in [6, 6.07) is 4.18. The smallest absolute Gasteiger partial charge is 0.246 e. The van der Waals surface area contributed by atoms with Crippen molar-refractivity contribution in [1.82, 2.24) is 5.43 Å². The lowest BCUT2D eigenvalue weighted by Crippen LogP contribution is -2.50. The molecule has 2 aliphatic rings. The second-order valence-electron chi connectivity index (χ2n) is 7.27. The maximum absolute atomic E-state index is 12.3. The Hall–Kier alpha value is -2.17. The van der Waals surface area contributed by atoms with Crippen LogP contribution in [0.25, 0.3) is 0 Å². The molecule has 0 radical (unpaired) electrons. The van der Waals surface area contributed by atoms with Crippen molar-refractivity contribution in [1.29, 1.82) is 0 Å². The molecule has 23 heavy (non-hydrogen) atoms. The van der Waals surface area contributed by atoms with Crippen molar-refractivity contribution in [3.8, 4) is 0 Å². The first-order chi connectivity index (χ1) is 10.7. The van der Waals surface area contributed by atoms with E-state index in [2.05, 4.69) is 37.4 Å². The molecular weight excluding hydrogens is 290 g/mol. The summed E-state index contributed by atoms with van der Waals surface area (Å²) >= 11 is 0. The first kappa shape index (κ1) is 15.7. The van der Waals surface area contributed by atoms with Crippen molar-refractivity contribution in [2.24, 2.45) is 5.10 Å². The summed E-state index contributed by atoms with van der Waals surface area (Å²) in [6.07, 6.45) is 1.22. The van der Waals surface area contributed by atoms with Crippen molar-refractivity contribution in [2.45, 2.75) is 58.9 Å². The van der Waals surface area contributed by atoms with Gasteiger partial charge in [0.1, 0.15) is 0 Å². The van der Waals surface area contributed by atoms with Gasteiger partial charge in [-0.3, -0.25) is 9.59 Å². The molecule has 5 heteroatoms. The van der Waals surface area contributed by atoms with E-state index in [0.29, 0.717) is 12.3 Å². The fourth-order valence-electron chi connectivity index (χ4n) is 4.01. The van der Waals surface area contributed by atoms with E-state index in [-0.39, 0.29) is 17.4 Å². The summed E-state index contributed by atoms with van der Waals surface area (Å²) in [5, 5.41) is 4.14. The van der Waals surface area contributed by atoms with Crippen LogP contribution in [0.1, 0.15) is 63.1 Å². The van der Waals surface area contributed by atoms with Gasteiger partial charge in [-0.15, -0.1) is 0 Å². The van der Waals surface area contributed by atoms with Crippen molar-refractivity contribution >= 4 is 23.2 Å². The average molecular weight is 313 g/mol. The third-order valence-electron chi connectivity index (χ3n) is 4.83. The number of carbonyl (C=O) groups excluding carboxylic acids is 2. The van der Waals surface area contributed by atoms with Gasteiger partial charge in [0.2, 0.25) is 11.8 Å². The van der Waals surface area contributed by atoms with Gasteiger partial charge in [-0.05, 0) is 50.3 Å². The van der Waals surface area contributed by atoms with E-state index in [1.54, 1.807) is 6.92 Å². The molecule has 3 rings (SSSR count). The highest BCUT2D eigenvalue weighted by Crippen LogP contribution is 2.44. The standard InChI is InChI=1S/C18H23N3O2/c1-10-6-14-11(2)9-18(4,5)21(12(3)22)16(14)7-13(10)15-8-17(23)20-19-15/h6-7,11H,8-9H2,1-5H3,(H,20,23). The normalized spacial score (nSPS) is 22.5. The van der Waals surface area contributed by atoms with Crippen LogP contribution in [0, 0.1) is 6.92 Å². The Morgan fingerprint density at radius 2 is 2.09 bits per heavy atom. The van der Waals surface area contributed by atoms with Crippen molar-refractivity contribution in [2.75, 3.05) is 4.90 Å². The topological polar surface area (TPSA) is 61.8 Å². The van der Waals surface area contributed by atoms with Gasteiger partial charge in [-0.25, -0.2) is 5.43 Å². The van der Waals surface area contributed by atoms with E-state index >= 15 is 0 Å². The zero-order valence-corrected chi connectivity index (χ0v) is 14.4. The van der Waals surface area contributed by atoms with Gasteiger partial charge < -0.3 is 4.90 Å². The minimum absolute atomic E-state index is 0.0421. The maximum Gasteiger partial charge on any atom is 0.246 e. The van der Waals surface area contributed by atoms with Crippen LogP contribution in [0.3, 0.4) is 0 Å². The molecule has 2 amide bonds. The number of aryl methyl sites for hydroxylation is 1. The maximum atomic E-state index is 12.3. The summed E-state index contributed by atoms with van der Waals surface area (Å²) in [4.78, 5) is 25.6. The zero-order valence-electron chi connectivity index (χ0n) is 14.4. The Morgan fingerprint density at radius 3 is 2.65 bits per heavy atom. The number of carbonyl (C=O) groups is 2. The molecule has 0 aliphatic carbocycles. The Kier molecular flexibility index (Phi) is 3.54. The minimum atomic E-state index is -0.226. The number of hydrazone groups is 1. The van der Waals surface area contributed by atoms with Gasteiger partial charge in [0.25, 0.3) is 0 Å². The van der Waals surface area contributed by atoms with Gasteiger partial charge in [0.05, 0.1) is 12.1 Å². The number of fused-ring (bicyclic) bond motifs is 1. The lowest BCUT2D eigenvalue weighted by Gasteiger charge is -2.46. The fraction of sp³-hybridized carbons (Fsp3) is 0.500. The third-order valence-corrected chi connectivity index (χ3v) is 4.83. The average Bonchev–Trinajstić information content (AvgIpc) is 2.84. The molecule has 1 aromatic rings. The van der Waals surface area contributed by atoms with Crippen LogP contribution >= 0.6 is 0 Å². The number of anilines is 1.